The number of rotatable bonds is 5. The predicted molar refractivity (Wildman–Crippen MR) is 69.1 cm³/mol. The Balaban J connectivity index is 2.28. The van der Waals surface area contributed by atoms with Crippen LogP contribution >= 0.6 is 0 Å². The maximum Gasteiger partial charge on any atom is 0.177 e. The van der Waals surface area contributed by atoms with E-state index in [4.69, 9.17) is 0 Å². The Morgan fingerprint density at radius 1 is 1.41 bits per heavy atom. The molecule has 1 aromatic heterocycles. The molecule has 0 amide bonds. The summed E-state index contributed by atoms with van der Waals surface area (Å²) >= 11 is 0. The molecule has 0 aliphatic rings. The number of benzene rings is 1. The molecular formula is C14H14N2O. The first-order valence-corrected chi connectivity index (χ1v) is 5.50. The van der Waals surface area contributed by atoms with Gasteiger partial charge in [-0.15, -0.1) is 6.58 Å². The Morgan fingerprint density at radius 2 is 2.29 bits per heavy atom. The van der Waals surface area contributed by atoms with Crippen LogP contribution in [-0.4, -0.2) is 23.9 Å². The Bertz CT molecular complexity index is 543. The number of hydrogen-bond donors (Lipinski definition) is 1. The van der Waals surface area contributed by atoms with E-state index in [1.165, 1.54) is 0 Å². The Morgan fingerprint density at radius 3 is 3.12 bits per heavy atom. The number of fused-ring (bicyclic) bond motifs is 1. The van der Waals surface area contributed by atoms with Crippen LogP contribution in [0.25, 0.3) is 10.8 Å². The number of nitrogens with zero attached hydrogens (tertiary/aromatic N) is 1. The molecule has 0 unspecified atom stereocenters. The van der Waals surface area contributed by atoms with Crippen LogP contribution in [0.2, 0.25) is 0 Å². The summed E-state index contributed by atoms with van der Waals surface area (Å²) in [5.74, 6) is 0.0867. The molecular weight excluding hydrogens is 212 g/mol. The van der Waals surface area contributed by atoms with E-state index < -0.39 is 0 Å². The number of ketones is 1. The molecule has 0 aliphatic heterocycles. The second-order valence-electron chi connectivity index (χ2n) is 3.75. The topological polar surface area (TPSA) is 42.0 Å². The lowest BCUT2D eigenvalue weighted by atomic mass is 10.0. The molecule has 0 saturated carbocycles. The summed E-state index contributed by atoms with van der Waals surface area (Å²) in [6, 6.07) is 7.55. The van der Waals surface area contributed by atoms with Gasteiger partial charge >= 0.3 is 0 Å². The highest BCUT2D eigenvalue weighted by molar-refractivity contribution is 6.08. The SMILES string of the molecule is C=CCNCC(=O)c1cccc2cnccc12. The van der Waals surface area contributed by atoms with Crippen LogP contribution in [-0.2, 0) is 0 Å². The molecule has 1 N–H and O–H groups in total. The van der Waals surface area contributed by atoms with Crippen molar-refractivity contribution in [1.29, 1.82) is 0 Å². The molecule has 0 aliphatic carbocycles. The second kappa shape index (κ2) is 5.37. The van der Waals surface area contributed by atoms with Crippen LogP contribution in [0.5, 0.6) is 0 Å². The number of nitrogens with one attached hydrogen (secondary N) is 1. The number of pyridine rings is 1. The monoisotopic (exact) mass is 226 g/mol. The standard InChI is InChI=1S/C14H14N2O/c1-2-7-15-10-14(17)13-5-3-4-11-9-16-8-6-12(11)13/h2-6,8-9,15H,1,7,10H2. The molecule has 0 bridgehead atoms. The molecule has 0 atom stereocenters. The van der Waals surface area contributed by atoms with Crippen molar-refractivity contribution >= 4 is 16.6 Å². The third kappa shape index (κ3) is 2.57. The van der Waals surface area contributed by atoms with Gasteiger partial charge in [0.15, 0.2) is 5.78 Å². The Kier molecular flexibility index (Phi) is 3.62. The van der Waals surface area contributed by atoms with Gasteiger partial charge < -0.3 is 5.32 Å². The lowest BCUT2D eigenvalue weighted by Crippen LogP contribution is -2.23. The summed E-state index contributed by atoms with van der Waals surface area (Å²) in [6.45, 7) is 4.56. The molecule has 86 valence electrons. The van der Waals surface area contributed by atoms with Gasteiger partial charge in [0.25, 0.3) is 0 Å². The number of hydrogen-bond acceptors (Lipinski definition) is 3. The van der Waals surface area contributed by atoms with Crippen LogP contribution < -0.4 is 5.32 Å². The predicted octanol–water partition coefficient (Wildman–Crippen LogP) is 2.19. The lowest BCUT2D eigenvalue weighted by molar-refractivity contribution is 0.0994. The van der Waals surface area contributed by atoms with Crippen LogP contribution in [0, 0.1) is 0 Å². The van der Waals surface area contributed by atoms with Gasteiger partial charge in [-0.2, -0.15) is 0 Å². The van der Waals surface area contributed by atoms with Gasteiger partial charge in [-0.25, -0.2) is 0 Å². The van der Waals surface area contributed by atoms with E-state index in [9.17, 15) is 4.79 Å². The van der Waals surface area contributed by atoms with Crippen molar-refractivity contribution in [2.24, 2.45) is 0 Å². The van der Waals surface area contributed by atoms with Gasteiger partial charge in [0.1, 0.15) is 0 Å². The number of aromatic nitrogens is 1. The van der Waals surface area contributed by atoms with E-state index in [0.29, 0.717) is 13.1 Å². The molecule has 0 saturated heterocycles. The van der Waals surface area contributed by atoms with E-state index in [0.717, 1.165) is 16.3 Å². The van der Waals surface area contributed by atoms with Crippen molar-refractivity contribution in [2.45, 2.75) is 0 Å². The highest BCUT2D eigenvalue weighted by atomic mass is 16.1. The third-order valence-electron chi connectivity index (χ3n) is 2.56. The second-order valence-corrected chi connectivity index (χ2v) is 3.75. The largest absolute Gasteiger partial charge is 0.306 e. The first-order valence-electron chi connectivity index (χ1n) is 5.50. The average molecular weight is 226 g/mol. The summed E-state index contributed by atoms with van der Waals surface area (Å²) < 4.78 is 0. The van der Waals surface area contributed by atoms with Gasteiger partial charge in [-0.1, -0.05) is 24.3 Å². The summed E-state index contributed by atoms with van der Waals surface area (Å²) in [5.41, 5.74) is 0.737. The minimum absolute atomic E-state index is 0.0867. The van der Waals surface area contributed by atoms with Crippen molar-refractivity contribution in [3.8, 4) is 0 Å². The zero-order chi connectivity index (χ0) is 12.1. The van der Waals surface area contributed by atoms with E-state index in [2.05, 4.69) is 16.9 Å². The number of carbonyl (C=O) groups excluding carboxylic acids is 1. The van der Waals surface area contributed by atoms with Gasteiger partial charge in [0, 0.05) is 29.9 Å². The molecule has 0 radical (unpaired) electrons. The van der Waals surface area contributed by atoms with Crippen molar-refractivity contribution in [1.82, 2.24) is 10.3 Å². The minimum Gasteiger partial charge on any atom is -0.306 e. The maximum atomic E-state index is 12.0. The van der Waals surface area contributed by atoms with Gasteiger partial charge in [0.05, 0.1) is 6.54 Å². The molecule has 0 spiro atoms. The fraction of sp³-hybridized carbons (Fsp3) is 0.143. The molecule has 2 aromatic rings. The normalized spacial score (nSPS) is 10.4. The zero-order valence-corrected chi connectivity index (χ0v) is 9.52. The van der Waals surface area contributed by atoms with Crippen molar-refractivity contribution in [3.63, 3.8) is 0 Å². The van der Waals surface area contributed by atoms with E-state index in [1.54, 1.807) is 18.5 Å². The highest BCUT2D eigenvalue weighted by Gasteiger charge is 2.08. The summed E-state index contributed by atoms with van der Waals surface area (Å²) in [7, 11) is 0. The van der Waals surface area contributed by atoms with E-state index >= 15 is 0 Å². The summed E-state index contributed by atoms with van der Waals surface area (Å²) in [4.78, 5) is 16.1. The molecule has 1 aromatic carbocycles. The lowest BCUT2D eigenvalue weighted by Gasteiger charge is -2.05. The van der Waals surface area contributed by atoms with Crippen LogP contribution in [0.15, 0.2) is 49.3 Å². The number of Topliss-reactive ketones (excluding diaryl/α,β-unsaturated/α-hetero) is 1. The summed E-state index contributed by atoms with van der Waals surface area (Å²) in [6.07, 6.45) is 5.21. The van der Waals surface area contributed by atoms with Crippen molar-refractivity contribution < 1.29 is 4.79 Å². The fourth-order valence-electron chi connectivity index (χ4n) is 1.75. The van der Waals surface area contributed by atoms with Gasteiger partial charge in [-0.3, -0.25) is 9.78 Å². The van der Waals surface area contributed by atoms with Gasteiger partial charge in [0.2, 0.25) is 0 Å². The molecule has 3 nitrogen and oxygen atoms in total. The van der Waals surface area contributed by atoms with E-state index in [-0.39, 0.29) is 5.78 Å². The minimum atomic E-state index is 0.0867. The molecule has 17 heavy (non-hydrogen) atoms. The first kappa shape index (κ1) is 11.5. The average Bonchev–Trinajstić information content (AvgIpc) is 2.38. The van der Waals surface area contributed by atoms with Crippen molar-refractivity contribution in [3.05, 3.63) is 54.9 Å². The maximum absolute atomic E-state index is 12.0. The molecule has 3 heteroatoms. The highest BCUT2D eigenvalue weighted by Crippen LogP contribution is 2.17. The smallest absolute Gasteiger partial charge is 0.177 e. The third-order valence-corrected chi connectivity index (χ3v) is 2.56. The Labute approximate surface area is 100 Å². The molecule has 0 fully saturated rings. The zero-order valence-electron chi connectivity index (χ0n) is 9.52. The molecule has 1 heterocycles. The summed E-state index contributed by atoms with van der Waals surface area (Å²) in [5, 5.41) is 4.95. The van der Waals surface area contributed by atoms with Crippen LogP contribution in [0.1, 0.15) is 10.4 Å². The van der Waals surface area contributed by atoms with E-state index in [1.807, 2.05) is 24.3 Å². The fourth-order valence-corrected chi connectivity index (χ4v) is 1.75. The first-order chi connectivity index (χ1) is 8.33. The number of carbonyl (C=O) groups is 1. The quantitative estimate of drug-likeness (QED) is 0.483. The molecule has 2 rings (SSSR count). The van der Waals surface area contributed by atoms with Crippen LogP contribution in [0.4, 0.5) is 0 Å². The van der Waals surface area contributed by atoms with Crippen LogP contribution in [0.3, 0.4) is 0 Å². The van der Waals surface area contributed by atoms with Gasteiger partial charge in [-0.05, 0) is 11.5 Å². The van der Waals surface area contributed by atoms with Crippen molar-refractivity contribution in [2.75, 3.05) is 13.1 Å². The Hall–Kier alpha value is -2.00.